The van der Waals surface area contributed by atoms with Gasteiger partial charge in [0.15, 0.2) is 17.3 Å². The number of hydrogen-bond donors (Lipinski definition) is 3. The molecular weight excluding hydrogens is 382 g/mol. The second-order valence-corrected chi connectivity index (χ2v) is 7.09. The van der Waals surface area contributed by atoms with Gasteiger partial charge in [0.05, 0.1) is 19.5 Å². The molecule has 0 aliphatic carbocycles. The van der Waals surface area contributed by atoms with Crippen molar-refractivity contribution in [3.8, 4) is 11.5 Å². The van der Waals surface area contributed by atoms with Crippen molar-refractivity contribution in [2.75, 3.05) is 25.7 Å². The van der Waals surface area contributed by atoms with Crippen molar-refractivity contribution >= 4 is 22.8 Å². The van der Waals surface area contributed by atoms with E-state index in [1.165, 1.54) is 0 Å². The predicted molar refractivity (Wildman–Crippen MR) is 118 cm³/mol. The molecule has 30 heavy (non-hydrogen) atoms. The van der Waals surface area contributed by atoms with E-state index in [1.807, 2.05) is 50.2 Å². The highest BCUT2D eigenvalue weighted by atomic mass is 16.5. The number of fused-ring (bicyclic) bond motifs is 1. The van der Waals surface area contributed by atoms with Crippen molar-refractivity contribution in [2.45, 2.75) is 26.0 Å². The lowest BCUT2D eigenvalue weighted by Gasteiger charge is -2.16. The average Bonchev–Trinajstić information content (AvgIpc) is 2.76. The summed E-state index contributed by atoms with van der Waals surface area (Å²) in [5, 5.41) is 27.5. The van der Waals surface area contributed by atoms with Crippen molar-refractivity contribution in [3.63, 3.8) is 0 Å². The summed E-state index contributed by atoms with van der Waals surface area (Å²) in [6.45, 7) is 4.69. The van der Waals surface area contributed by atoms with Gasteiger partial charge in [-0.1, -0.05) is 38.1 Å². The second kappa shape index (κ2) is 10.5. The number of hydrazone groups is 1. The summed E-state index contributed by atoms with van der Waals surface area (Å²) >= 11 is 0. The minimum absolute atomic E-state index is 0.171. The van der Waals surface area contributed by atoms with Crippen LogP contribution < -0.4 is 20.2 Å². The molecule has 0 aliphatic rings. The van der Waals surface area contributed by atoms with Crippen molar-refractivity contribution in [3.05, 3.63) is 54.2 Å². The van der Waals surface area contributed by atoms with Crippen molar-refractivity contribution in [1.82, 2.24) is 15.5 Å². The van der Waals surface area contributed by atoms with Gasteiger partial charge in [0, 0.05) is 23.4 Å². The van der Waals surface area contributed by atoms with E-state index in [4.69, 9.17) is 9.47 Å². The van der Waals surface area contributed by atoms with E-state index in [-0.39, 0.29) is 6.61 Å². The lowest BCUT2D eigenvalue weighted by molar-refractivity contribution is 0.103. The quantitative estimate of drug-likeness (QED) is 0.350. The van der Waals surface area contributed by atoms with Crippen LogP contribution in [0.4, 0.5) is 5.82 Å². The van der Waals surface area contributed by atoms with Crippen LogP contribution in [-0.2, 0) is 0 Å². The predicted octanol–water partition coefficient (Wildman–Crippen LogP) is 2.82. The monoisotopic (exact) mass is 409 g/mol. The Morgan fingerprint density at radius 3 is 2.80 bits per heavy atom. The standard InChI is InChI=1S/C22H27N5O3/c1-15(2)23-13-18(28)14-30-20-9-8-16(10-21(20)29-3)11-24-26-22-19-7-5-4-6-17(19)12-25-27-22/h4-12,15,18,23,28H,13-14H2,1-3H3,(H,26,27)/b24-11+. The Balaban J connectivity index is 1.62. The number of nitrogens with zero attached hydrogens (tertiary/aromatic N) is 3. The maximum Gasteiger partial charge on any atom is 0.176 e. The fourth-order valence-corrected chi connectivity index (χ4v) is 2.78. The third-order valence-electron chi connectivity index (χ3n) is 4.34. The number of aromatic nitrogens is 2. The molecule has 158 valence electrons. The molecule has 3 aromatic rings. The molecule has 0 spiro atoms. The Bertz CT molecular complexity index is 988. The first-order valence-corrected chi connectivity index (χ1v) is 9.78. The number of aliphatic hydroxyl groups excluding tert-OH is 1. The van der Waals surface area contributed by atoms with E-state index < -0.39 is 6.10 Å². The third-order valence-corrected chi connectivity index (χ3v) is 4.34. The Hall–Kier alpha value is -3.23. The molecule has 0 saturated carbocycles. The van der Waals surface area contributed by atoms with E-state index in [0.29, 0.717) is 29.9 Å². The number of hydrogen-bond acceptors (Lipinski definition) is 8. The molecule has 1 heterocycles. The maximum absolute atomic E-state index is 10.0. The van der Waals surface area contributed by atoms with E-state index in [0.717, 1.165) is 16.3 Å². The Morgan fingerprint density at radius 2 is 2.00 bits per heavy atom. The Kier molecular flexibility index (Phi) is 7.53. The van der Waals surface area contributed by atoms with E-state index >= 15 is 0 Å². The lowest BCUT2D eigenvalue weighted by Crippen LogP contribution is -2.35. The largest absolute Gasteiger partial charge is 0.493 e. The van der Waals surface area contributed by atoms with Gasteiger partial charge in [-0.25, -0.2) is 0 Å². The second-order valence-electron chi connectivity index (χ2n) is 7.09. The number of aliphatic hydroxyl groups is 1. The first kappa shape index (κ1) is 21.5. The fraction of sp³-hybridized carbons (Fsp3) is 0.318. The highest BCUT2D eigenvalue weighted by molar-refractivity contribution is 5.91. The van der Waals surface area contributed by atoms with Gasteiger partial charge in [-0.15, -0.1) is 5.10 Å². The minimum Gasteiger partial charge on any atom is -0.493 e. The zero-order valence-corrected chi connectivity index (χ0v) is 17.4. The van der Waals surface area contributed by atoms with Crippen LogP contribution >= 0.6 is 0 Å². The van der Waals surface area contributed by atoms with Gasteiger partial charge in [0.1, 0.15) is 12.7 Å². The van der Waals surface area contributed by atoms with Crippen LogP contribution in [0.15, 0.2) is 53.8 Å². The normalized spacial score (nSPS) is 12.4. The molecule has 8 heteroatoms. The number of methoxy groups -OCH3 is 1. The SMILES string of the molecule is COc1cc(/C=N/Nc2nncc3ccccc23)ccc1OCC(O)CNC(C)C. The smallest absolute Gasteiger partial charge is 0.176 e. The number of rotatable bonds is 10. The summed E-state index contributed by atoms with van der Waals surface area (Å²) in [6.07, 6.45) is 2.77. The summed E-state index contributed by atoms with van der Waals surface area (Å²) < 4.78 is 11.1. The summed E-state index contributed by atoms with van der Waals surface area (Å²) in [7, 11) is 1.57. The molecular formula is C22H27N5O3. The highest BCUT2D eigenvalue weighted by Crippen LogP contribution is 2.27. The Labute approximate surface area is 175 Å². The van der Waals surface area contributed by atoms with E-state index in [9.17, 15) is 5.11 Å². The molecule has 3 N–H and O–H groups in total. The summed E-state index contributed by atoms with van der Waals surface area (Å²) in [6, 6.07) is 13.6. The van der Waals surface area contributed by atoms with Gasteiger partial charge in [0.2, 0.25) is 0 Å². The molecule has 0 saturated heterocycles. The van der Waals surface area contributed by atoms with E-state index in [2.05, 4.69) is 26.0 Å². The van der Waals surface area contributed by atoms with Gasteiger partial charge < -0.3 is 19.9 Å². The van der Waals surface area contributed by atoms with Gasteiger partial charge in [-0.3, -0.25) is 5.43 Å². The van der Waals surface area contributed by atoms with Crippen molar-refractivity contribution < 1.29 is 14.6 Å². The first-order chi connectivity index (χ1) is 14.6. The van der Waals surface area contributed by atoms with E-state index in [1.54, 1.807) is 25.6 Å². The molecule has 1 unspecified atom stereocenters. The third kappa shape index (κ3) is 5.88. The number of nitrogens with one attached hydrogen (secondary N) is 2. The molecule has 0 amide bonds. The van der Waals surface area contributed by atoms with Crippen LogP contribution in [-0.4, -0.2) is 53.9 Å². The molecule has 0 aliphatic heterocycles. The van der Waals surface area contributed by atoms with Crippen LogP contribution in [0.2, 0.25) is 0 Å². The molecule has 0 radical (unpaired) electrons. The average molecular weight is 409 g/mol. The number of ether oxygens (including phenoxy) is 2. The van der Waals surface area contributed by atoms with Crippen molar-refractivity contribution in [1.29, 1.82) is 0 Å². The molecule has 3 rings (SSSR count). The van der Waals surface area contributed by atoms with Crippen LogP contribution in [0.1, 0.15) is 19.4 Å². The molecule has 8 nitrogen and oxygen atoms in total. The summed E-state index contributed by atoms with van der Waals surface area (Å²) in [4.78, 5) is 0. The molecule has 0 fully saturated rings. The van der Waals surface area contributed by atoms with Gasteiger partial charge in [0.25, 0.3) is 0 Å². The molecule has 1 atom stereocenters. The van der Waals surface area contributed by atoms with Crippen LogP contribution in [0.3, 0.4) is 0 Å². The Morgan fingerprint density at radius 1 is 1.17 bits per heavy atom. The van der Waals surface area contributed by atoms with Crippen LogP contribution in [0, 0.1) is 0 Å². The number of anilines is 1. The molecule has 0 bridgehead atoms. The first-order valence-electron chi connectivity index (χ1n) is 9.78. The van der Waals surface area contributed by atoms with Crippen LogP contribution in [0.25, 0.3) is 10.8 Å². The summed E-state index contributed by atoms with van der Waals surface area (Å²) in [5.41, 5.74) is 3.76. The number of benzene rings is 2. The van der Waals surface area contributed by atoms with Gasteiger partial charge in [-0.2, -0.15) is 10.2 Å². The highest BCUT2D eigenvalue weighted by Gasteiger charge is 2.10. The molecule has 2 aromatic carbocycles. The van der Waals surface area contributed by atoms with Crippen molar-refractivity contribution in [2.24, 2.45) is 5.10 Å². The zero-order chi connectivity index (χ0) is 21.3. The fourth-order valence-electron chi connectivity index (χ4n) is 2.78. The lowest BCUT2D eigenvalue weighted by atomic mass is 10.2. The van der Waals surface area contributed by atoms with Gasteiger partial charge in [-0.05, 0) is 23.8 Å². The minimum atomic E-state index is -0.607. The van der Waals surface area contributed by atoms with Crippen LogP contribution in [0.5, 0.6) is 11.5 Å². The van der Waals surface area contributed by atoms with Gasteiger partial charge >= 0.3 is 0 Å². The molecule has 1 aromatic heterocycles. The zero-order valence-electron chi connectivity index (χ0n) is 17.4. The summed E-state index contributed by atoms with van der Waals surface area (Å²) in [5.74, 6) is 1.71. The maximum atomic E-state index is 10.0. The topological polar surface area (TPSA) is 101 Å².